The van der Waals surface area contributed by atoms with Crippen LogP contribution in [0.2, 0.25) is 0 Å². The Hall–Kier alpha value is -1.10. The van der Waals surface area contributed by atoms with Crippen molar-refractivity contribution in [2.45, 2.75) is 6.92 Å². The monoisotopic (exact) mass is 244 g/mol. The van der Waals surface area contributed by atoms with Crippen LogP contribution in [0.15, 0.2) is 16.9 Å². The third-order valence-electron chi connectivity index (χ3n) is 1.39. The van der Waals surface area contributed by atoms with Gasteiger partial charge in [-0.3, -0.25) is 4.79 Å². The molecule has 0 radical (unpaired) electrons. The molecule has 0 bridgehead atoms. The molecule has 1 aromatic heterocycles. The van der Waals surface area contributed by atoms with Crippen LogP contribution in [0.1, 0.15) is 6.92 Å². The average Bonchev–Trinajstić information content (AvgIpc) is 2.08. The Balaban J connectivity index is 3.07. The third-order valence-corrected chi connectivity index (χ3v) is 1.99. The molecule has 0 aliphatic carbocycles. The standard InChI is InChI=1S/C8H9BrN2O2/c1-5(12)11-7-6(13-2)3-4-10-8(7)9/h3-4H,1-2H3,(H,11,12). The van der Waals surface area contributed by atoms with E-state index in [9.17, 15) is 4.79 Å². The summed E-state index contributed by atoms with van der Waals surface area (Å²) in [5, 5.41) is 2.62. The van der Waals surface area contributed by atoms with E-state index < -0.39 is 0 Å². The zero-order valence-corrected chi connectivity index (χ0v) is 8.88. The fourth-order valence-electron chi connectivity index (χ4n) is 0.879. The molecule has 1 aromatic rings. The molecular formula is C8H9BrN2O2. The van der Waals surface area contributed by atoms with E-state index in [1.807, 2.05) is 0 Å². The Morgan fingerprint density at radius 2 is 2.38 bits per heavy atom. The summed E-state index contributed by atoms with van der Waals surface area (Å²) in [6, 6.07) is 1.68. The molecule has 0 saturated heterocycles. The summed E-state index contributed by atoms with van der Waals surface area (Å²) in [7, 11) is 1.53. The number of carbonyl (C=O) groups is 1. The quantitative estimate of drug-likeness (QED) is 0.808. The summed E-state index contributed by atoms with van der Waals surface area (Å²) in [6.45, 7) is 1.43. The summed E-state index contributed by atoms with van der Waals surface area (Å²) in [4.78, 5) is 14.8. The first-order chi connectivity index (χ1) is 6.15. The van der Waals surface area contributed by atoms with Gasteiger partial charge in [0.15, 0.2) is 0 Å². The molecule has 0 fully saturated rings. The maximum atomic E-state index is 10.8. The van der Waals surface area contributed by atoms with Crippen LogP contribution in [0, 0.1) is 0 Å². The number of methoxy groups -OCH3 is 1. The van der Waals surface area contributed by atoms with Crippen molar-refractivity contribution < 1.29 is 9.53 Å². The van der Waals surface area contributed by atoms with Crippen molar-refractivity contribution in [2.75, 3.05) is 12.4 Å². The molecule has 5 heteroatoms. The molecule has 4 nitrogen and oxygen atoms in total. The Labute approximate surface area is 84.4 Å². The van der Waals surface area contributed by atoms with Crippen LogP contribution >= 0.6 is 15.9 Å². The van der Waals surface area contributed by atoms with Crippen molar-refractivity contribution in [3.05, 3.63) is 16.9 Å². The van der Waals surface area contributed by atoms with Gasteiger partial charge in [0, 0.05) is 19.2 Å². The summed E-state index contributed by atoms with van der Waals surface area (Å²) < 4.78 is 5.60. The van der Waals surface area contributed by atoms with Crippen LogP contribution in [0.25, 0.3) is 0 Å². The maximum Gasteiger partial charge on any atom is 0.221 e. The molecular weight excluding hydrogens is 236 g/mol. The van der Waals surface area contributed by atoms with Crippen LogP contribution in [-0.4, -0.2) is 18.0 Å². The molecule has 0 aliphatic rings. The fraction of sp³-hybridized carbons (Fsp3) is 0.250. The molecule has 0 spiro atoms. The summed E-state index contributed by atoms with van der Waals surface area (Å²) in [5.74, 6) is 0.420. The number of hydrogen-bond acceptors (Lipinski definition) is 3. The topological polar surface area (TPSA) is 51.2 Å². The van der Waals surface area contributed by atoms with Gasteiger partial charge in [-0.15, -0.1) is 0 Å². The van der Waals surface area contributed by atoms with Gasteiger partial charge in [0.05, 0.1) is 7.11 Å². The van der Waals surface area contributed by atoms with Crippen molar-refractivity contribution in [1.82, 2.24) is 4.98 Å². The molecule has 1 rings (SSSR count). The van der Waals surface area contributed by atoms with Gasteiger partial charge < -0.3 is 10.1 Å². The second-order valence-electron chi connectivity index (χ2n) is 2.36. The van der Waals surface area contributed by atoms with Crippen LogP contribution in [-0.2, 0) is 4.79 Å². The number of halogens is 1. The Morgan fingerprint density at radius 3 is 2.92 bits per heavy atom. The second kappa shape index (κ2) is 4.23. The van der Waals surface area contributed by atoms with Crippen LogP contribution in [0.3, 0.4) is 0 Å². The Bertz CT molecular complexity index is 328. The molecule has 0 aromatic carbocycles. The highest BCUT2D eigenvalue weighted by atomic mass is 79.9. The number of amides is 1. The SMILES string of the molecule is COc1ccnc(Br)c1NC(C)=O. The number of nitrogens with one attached hydrogen (secondary N) is 1. The van der Waals surface area contributed by atoms with Crippen molar-refractivity contribution in [3.8, 4) is 5.75 Å². The van der Waals surface area contributed by atoms with E-state index in [1.165, 1.54) is 14.0 Å². The number of rotatable bonds is 2. The summed E-state index contributed by atoms with van der Waals surface area (Å²) in [6.07, 6.45) is 1.59. The Kier molecular flexibility index (Phi) is 3.25. The van der Waals surface area contributed by atoms with Crippen molar-refractivity contribution in [1.29, 1.82) is 0 Å². The molecule has 0 aliphatic heterocycles. The number of anilines is 1. The number of ether oxygens (including phenoxy) is 1. The predicted octanol–water partition coefficient (Wildman–Crippen LogP) is 1.81. The lowest BCUT2D eigenvalue weighted by molar-refractivity contribution is -0.114. The highest BCUT2D eigenvalue weighted by Gasteiger charge is 2.08. The van der Waals surface area contributed by atoms with Gasteiger partial charge in [-0.1, -0.05) is 0 Å². The van der Waals surface area contributed by atoms with E-state index in [0.29, 0.717) is 16.0 Å². The third kappa shape index (κ3) is 2.42. The molecule has 1 heterocycles. The van der Waals surface area contributed by atoms with Gasteiger partial charge in [-0.05, 0) is 15.9 Å². The molecule has 0 atom stereocenters. The first-order valence-corrected chi connectivity index (χ1v) is 4.40. The fourth-order valence-corrected chi connectivity index (χ4v) is 1.29. The number of carbonyl (C=O) groups excluding carboxylic acids is 1. The normalized spacial score (nSPS) is 9.46. The molecule has 1 amide bonds. The highest BCUT2D eigenvalue weighted by molar-refractivity contribution is 9.10. The van der Waals surface area contributed by atoms with Gasteiger partial charge in [0.1, 0.15) is 16.0 Å². The van der Waals surface area contributed by atoms with Gasteiger partial charge in [0.2, 0.25) is 5.91 Å². The van der Waals surface area contributed by atoms with Crippen LogP contribution < -0.4 is 10.1 Å². The van der Waals surface area contributed by atoms with Gasteiger partial charge >= 0.3 is 0 Å². The Morgan fingerprint density at radius 1 is 1.69 bits per heavy atom. The minimum atomic E-state index is -0.160. The van der Waals surface area contributed by atoms with Gasteiger partial charge in [-0.25, -0.2) is 4.98 Å². The molecule has 0 unspecified atom stereocenters. The summed E-state index contributed by atoms with van der Waals surface area (Å²) >= 11 is 3.21. The van der Waals surface area contributed by atoms with Gasteiger partial charge in [-0.2, -0.15) is 0 Å². The molecule has 13 heavy (non-hydrogen) atoms. The largest absolute Gasteiger partial charge is 0.494 e. The van der Waals surface area contributed by atoms with E-state index in [1.54, 1.807) is 12.3 Å². The minimum absolute atomic E-state index is 0.160. The molecule has 0 saturated carbocycles. The number of aromatic nitrogens is 1. The van der Waals surface area contributed by atoms with E-state index >= 15 is 0 Å². The molecule has 1 N–H and O–H groups in total. The van der Waals surface area contributed by atoms with Crippen LogP contribution in [0.4, 0.5) is 5.69 Å². The second-order valence-corrected chi connectivity index (χ2v) is 3.11. The van der Waals surface area contributed by atoms with Crippen molar-refractivity contribution in [3.63, 3.8) is 0 Å². The van der Waals surface area contributed by atoms with E-state index in [4.69, 9.17) is 4.74 Å². The maximum absolute atomic E-state index is 10.8. The van der Waals surface area contributed by atoms with E-state index in [2.05, 4.69) is 26.2 Å². The first kappa shape index (κ1) is 9.98. The number of hydrogen-bond donors (Lipinski definition) is 1. The zero-order valence-electron chi connectivity index (χ0n) is 7.30. The molecule has 70 valence electrons. The van der Waals surface area contributed by atoms with Crippen molar-refractivity contribution >= 4 is 27.5 Å². The zero-order chi connectivity index (χ0) is 9.84. The average molecular weight is 245 g/mol. The van der Waals surface area contributed by atoms with Gasteiger partial charge in [0.25, 0.3) is 0 Å². The van der Waals surface area contributed by atoms with Crippen LogP contribution in [0.5, 0.6) is 5.75 Å². The van der Waals surface area contributed by atoms with E-state index in [0.717, 1.165) is 0 Å². The smallest absolute Gasteiger partial charge is 0.221 e. The lowest BCUT2D eigenvalue weighted by Crippen LogP contribution is -2.08. The first-order valence-electron chi connectivity index (χ1n) is 3.61. The highest BCUT2D eigenvalue weighted by Crippen LogP contribution is 2.29. The van der Waals surface area contributed by atoms with Crippen molar-refractivity contribution in [2.24, 2.45) is 0 Å². The lowest BCUT2D eigenvalue weighted by Gasteiger charge is -2.09. The lowest BCUT2D eigenvalue weighted by atomic mass is 10.4. The number of pyridine rings is 1. The summed E-state index contributed by atoms with van der Waals surface area (Å²) in [5.41, 5.74) is 0.553. The number of nitrogens with zero attached hydrogens (tertiary/aromatic N) is 1. The minimum Gasteiger partial charge on any atom is -0.494 e. The van der Waals surface area contributed by atoms with E-state index in [-0.39, 0.29) is 5.91 Å². The predicted molar refractivity (Wildman–Crippen MR) is 52.8 cm³/mol.